The Morgan fingerprint density at radius 2 is 0.787 bits per heavy atom. The summed E-state index contributed by atoms with van der Waals surface area (Å²) >= 11 is 0. The van der Waals surface area contributed by atoms with Gasteiger partial charge in [0.25, 0.3) is 0 Å². The first-order valence-corrected chi connectivity index (χ1v) is 21.3. The molecule has 0 saturated carbocycles. The van der Waals surface area contributed by atoms with Crippen LogP contribution in [0.3, 0.4) is 0 Å². The third-order valence-corrected chi connectivity index (χ3v) is 9.86. The highest BCUT2D eigenvalue weighted by Crippen LogP contribution is 2.15. The van der Waals surface area contributed by atoms with Crippen LogP contribution in [0.5, 0.6) is 0 Å². The van der Waals surface area contributed by atoms with Crippen LogP contribution in [0.15, 0.2) is 0 Å². The first-order valence-electron chi connectivity index (χ1n) is 21.3. The Bertz CT molecular complexity index is 589. The van der Waals surface area contributed by atoms with E-state index in [1.807, 2.05) is 0 Å². The monoisotopic (exact) mass is 665 g/mol. The van der Waals surface area contributed by atoms with E-state index in [4.69, 9.17) is 4.74 Å². The summed E-state index contributed by atoms with van der Waals surface area (Å²) in [6, 6.07) is 0. The molecule has 0 radical (unpaired) electrons. The van der Waals surface area contributed by atoms with Gasteiger partial charge in [0.2, 0.25) is 5.91 Å². The SMILES string of the molecule is CCCCCCCCCCCCCCCCCC(=O)NCCN(CC)CCOC(=O)CCCCCCCCCCCCCCCCC. The van der Waals surface area contributed by atoms with E-state index >= 15 is 0 Å². The number of carbonyl (C=O) groups is 2. The molecule has 0 unspecified atom stereocenters. The quantitative estimate of drug-likeness (QED) is 0.0525. The molecule has 1 amide bonds. The fourth-order valence-electron chi connectivity index (χ4n) is 6.53. The predicted octanol–water partition coefficient (Wildman–Crippen LogP) is 12.5. The molecule has 0 rings (SSSR count). The third kappa shape index (κ3) is 37.6. The number of amides is 1. The van der Waals surface area contributed by atoms with Crippen molar-refractivity contribution < 1.29 is 14.3 Å². The van der Waals surface area contributed by atoms with E-state index in [0.29, 0.717) is 26.0 Å². The number of rotatable bonds is 39. The number of hydrogen-bond acceptors (Lipinski definition) is 4. The van der Waals surface area contributed by atoms with E-state index in [1.165, 1.54) is 167 Å². The van der Waals surface area contributed by atoms with Crippen molar-refractivity contribution in [1.82, 2.24) is 10.2 Å². The lowest BCUT2D eigenvalue weighted by Gasteiger charge is -2.20. The van der Waals surface area contributed by atoms with Crippen molar-refractivity contribution in [2.24, 2.45) is 0 Å². The van der Waals surface area contributed by atoms with Gasteiger partial charge in [-0.3, -0.25) is 14.5 Å². The summed E-state index contributed by atoms with van der Waals surface area (Å²) in [5, 5.41) is 3.08. The van der Waals surface area contributed by atoms with Gasteiger partial charge in [0.15, 0.2) is 0 Å². The van der Waals surface area contributed by atoms with Crippen LogP contribution < -0.4 is 5.32 Å². The summed E-state index contributed by atoms with van der Waals surface area (Å²) in [4.78, 5) is 26.6. The van der Waals surface area contributed by atoms with Gasteiger partial charge >= 0.3 is 5.97 Å². The molecule has 0 aromatic heterocycles. The average Bonchev–Trinajstić information content (AvgIpc) is 3.07. The van der Waals surface area contributed by atoms with Crippen LogP contribution in [-0.2, 0) is 14.3 Å². The van der Waals surface area contributed by atoms with E-state index in [0.717, 1.165) is 45.3 Å². The summed E-state index contributed by atoms with van der Waals surface area (Å²) in [5.41, 5.74) is 0. The van der Waals surface area contributed by atoms with Gasteiger partial charge in [-0.2, -0.15) is 0 Å². The molecule has 0 fully saturated rings. The maximum atomic E-state index is 12.2. The summed E-state index contributed by atoms with van der Waals surface area (Å²) < 4.78 is 5.49. The van der Waals surface area contributed by atoms with Gasteiger partial charge in [-0.15, -0.1) is 0 Å². The number of hydrogen-bond donors (Lipinski definition) is 1. The minimum atomic E-state index is -0.0625. The third-order valence-electron chi connectivity index (χ3n) is 9.86. The van der Waals surface area contributed by atoms with Gasteiger partial charge in [0.1, 0.15) is 6.61 Å². The molecule has 0 aliphatic rings. The number of likely N-dealkylation sites (N-methyl/N-ethyl adjacent to an activating group) is 1. The maximum Gasteiger partial charge on any atom is 0.305 e. The van der Waals surface area contributed by atoms with Crippen molar-refractivity contribution in [2.45, 2.75) is 226 Å². The Hall–Kier alpha value is -1.10. The van der Waals surface area contributed by atoms with Gasteiger partial charge in [0.05, 0.1) is 0 Å². The minimum Gasteiger partial charge on any atom is -0.464 e. The number of unbranched alkanes of at least 4 members (excludes halogenated alkanes) is 28. The number of carbonyl (C=O) groups excluding carboxylic acids is 2. The van der Waals surface area contributed by atoms with Crippen LogP contribution in [-0.4, -0.2) is 49.6 Å². The average molecular weight is 665 g/mol. The fourth-order valence-corrected chi connectivity index (χ4v) is 6.53. The second-order valence-electron chi connectivity index (χ2n) is 14.4. The van der Waals surface area contributed by atoms with Crippen molar-refractivity contribution in [2.75, 3.05) is 32.8 Å². The molecule has 47 heavy (non-hydrogen) atoms. The number of nitrogens with one attached hydrogen (secondary N) is 1. The summed E-state index contributed by atoms with van der Waals surface area (Å²) in [5.74, 6) is 0.109. The maximum absolute atomic E-state index is 12.2. The first-order chi connectivity index (χ1) is 23.1. The molecule has 0 bridgehead atoms. The van der Waals surface area contributed by atoms with Crippen LogP contribution in [0.1, 0.15) is 226 Å². The number of esters is 1. The van der Waals surface area contributed by atoms with Crippen molar-refractivity contribution in [3.05, 3.63) is 0 Å². The molecular formula is C42H84N2O3. The van der Waals surface area contributed by atoms with E-state index in [9.17, 15) is 9.59 Å². The predicted molar refractivity (Wildman–Crippen MR) is 205 cm³/mol. The van der Waals surface area contributed by atoms with Crippen LogP contribution >= 0.6 is 0 Å². The molecule has 0 saturated heterocycles. The summed E-state index contributed by atoms with van der Waals surface area (Å²) in [6.07, 6.45) is 41.3. The second kappa shape index (κ2) is 39.3. The Morgan fingerprint density at radius 3 is 1.15 bits per heavy atom. The van der Waals surface area contributed by atoms with E-state index in [2.05, 4.69) is 31.0 Å². The molecule has 0 aliphatic carbocycles. The fraction of sp³-hybridized carbons (Fsp3) is 0.952. The van der Waals surface area contributed by atoms with Crippen molar-refractivity contribution in [3.8, 4) is 0 Å². The Balaban J connectivity index is 3.46. The molecular weight excluding hydrogens is 580 g/mol. The second-order valence-corrected chi connectivity index (χ2v) is 14.4. The summed E-state index contributed by atoms with van der Waals surface area (Å²) in [7, 11) is 0. The van der Waals surface area contributed by atoms with E-state index < -0.39 is 0 Å². The zero-order chi connectivity index (χ0) is 34.3. The molecule has 0 aromatic rings. The lowest BCUT2D eigenvalue weighted by molar-refractivity contribution is -0.144. The van der Waals surface area contributed by atoms with Crippen molar-refractivity contribution in [1.29, 1.82) is 0 Å². The van der Waals surface area contributed by atoms with Gasteiger partial charge < -0.3 is 10.1 Å². The Labute approximate surface area is 294 Å². The van der Waals surface area contributed by atoms with Crippen LogP contribution in [0.4, 0.5) is 0 Å². The standard InChI is InChI=1S/C42H84N2O3/c1-4-7-9-11-13-15-17-19-21-23-25-27-29-31-33-35-41(45)43-37-38-44(6-3)39-40-47-42(46)36-34-32-30-28-26-24-22-20-18-16-14-12-10-8-5-2/h4-40H2,1-3H3,(H,43,45). The minimum absolute atomic E-state index is 0.0625. The molecule has 1 N–H and O–H groups in total. The molecule has 0 atom stereocenters. The lowest BCUT2D eigenvalue weighted by atomic mass is 10.0. The highest BCUT2D eigenvalue weighted by Gasteiger charge is 2.07. The van der Waals surface area contributed by atoms with Crippen LogP contribution in [0.25, 0.3) is 0 Å². The Morgan fingerprint density at radius 1 is 0.447 bits per heavy atom. The van der Waals surface area contributed by atoms with E-state index in [-0.39, 0.29) is 11.9 Å². The largest absolute Gasteiger partial charge is 0.464 e. The van der Waals surface area contributed by atoms with Gasteiger partial charge in [-0.05, 0) is 19.4 Å². The smallest absolute Gasteiger partial charge is 0.305 e. The molecule has 0 aromatic carbocycles. The highest BCUT2D eigenvalue weighted by molar-refractivity contribution is 5.75. The van der Waals surface area contributed by atoms with Gasteiger partial charge in [-0.1, -0.05) is 201 Å². The molecule has 5 nitrogen and oxygen atoms in total. The molecule has 0 heterocycles. The molecule has 0 spiro atoms. The van der Waals surface area contributed by atoms with Gasteiger partial charge in [0, 0.05) is 32.5 Å². The van der Waals surface area contributed by atoms with Crippen molar-refractivity contribution in [3.63, 3.8) is 0 Å². The Kier molecular flexibility index (Phi) is 38.4. The topological polar surface area (TPSA) is 58.6 Å². The zero-order valence-corrected chi connectivity index (χ0v) is 32.3. The highest BCUT2D eigenvalue weighted by atomic mass is 16.5. The molecule has 5 heteroatoms. The molecule has 0 aliphatic heterocycles. The number of ether oxygens (including phenoxy) is 1. The number of nitrogens with zero attached hydrogens (tertiary/aromatic N) is 1. The van der Waals surface area contributed by atoms with Crippen LogP contribution in [0, 0.1) is 0 Å². The summed E-state index contributed by atoms with van der Waals surface area (Å²) in [6.45, 7) is 10.2. The zero-order valence-electron chi connectivity index (χ0n) is 32.3. The lowest BCUT2D eigenvalue weighted by Crippen LogP contribution is -2.36. The van der Waals surface area contributed by atoms with Crippen LogP contribution in [0.2, 0.25) is 0 Å². The van der Waals surface area contributed by atoms with E-state index in [1.54, 1.807) is 0 Å². The normalized spacial score (nSPS) is 11.4. The van der Waals surface area contributed by atoms with Gasteiger partial charge in [-0.25, -0.2) is 0 Å². The van der Waals surface area contributed by atoms with Crippen molar-refractivity contribution >= 4 is 11.9 Å². The first kappa shape index (κ1) is 45.9. The molecule has 280 valence electrons.